The van der Waals surface area contributed by atoms with Crippen LogP contribution in [0.2, 0.25) is 0 Å². The Hall–Kier alpha value is -4.33. The Balaban J connectivity index is 1.38. The molecule has 166 valence electrons. The monoisotopic (exact) mass is 440 g/mol. The summed E-state index contributed by atoms with van der Waals surface area (Å²) < 4.78 is 0. The van der Waals surface area contributed by atoms with Gasteiger partial charge >= 0.3 is 0 Å². The molecule has 3 heterocycles. The van der Waals surface area contributed by atoms with E-state index in [0.717, 1.165) is 16.8 Å². The standard InChI is InChI=1S/C25H24N6O2/c1-16-17(2)29-23(30-24(16)32)20-6-9-22(28-15-20)27-14-18-4-7-21(8-5-18)31(3)25(33)19-10-12-26-13-11-19/h4-13,15H,14H2,1-3H3,(H,27,28)(H,29,30,32). The predicted molar refractivity (Wildman–Crippen MR) is 128 cm³/mol. The van der Waals surface area contributed by atoms with Crippen molar-refractivity contribution in [3.05, 3.63) is 99.9 Å². The molecule has 33 heavy (non-hydrogen) atoms. The predicted octanol–water partition coefficient (Wildman–Crippen LogP) is 3.73. The number of nitrogens with zero attached hydrogens (tertiary/aromatic N) is 4. The van der Waals surface area contributed by atoms with Gasteiger partial charge in [-0.25, -0.2) is 9.97 Å². The maximum absolute atomic E-state index is 12.6. The molecule has 0 unspecified atom stereocenters. The number of anilines is 2. The minimum Gasteiger partial charge on any atom is -0.366 e. The van der Waals surface area contributed by atoms with Gasteiger partial charge < -0.3 is 15.2 Å². The molecule has 8 heteroatoms. The number of aryl methyl sites for hydroxylation is 1. The number of hydrogen-bond acceptors (Lipinski definition) is 6. The van der Waals surface area contributed by atoms with Gasteiger partial charge in [-0.1, -0.05) is 12.1 Å². The second-order valence-electron chi connectivity index (χ2n) is 7.68. The average molecular weight is 441 g/mol. The lowest BCUT2D eigenvalue weighted by molar-refractivity contribution is 0.0993. The summed E-state index contributed by atoms with van der Waals surface area (Å²) in [6.45, 7) is 4.14. The van der Waals surface area contributed by atoms with E-state index >= 15 is 0 Å². The van der Waals surface area contributed by atoms with Gasteiger partial charge in [0.25, 0.3) is 11.5 Å². The second kappa shape index (κ2) is 9.44. The molecule has 0 saturated heterocycles. The van der Waals surface area contributed by atoms with Crippen molar-refractivity contribution in [2.45, 2.75) is 20.4 Å². The van der Waals surface area contributed by atoms with E-state index < -0.39 is 0 Å². The van der Waals surface area contributed by atoms with Crippen molar-refractivity contribution in [3.8, 4) is 11.4 Å². The SMILES string of the molecule is Cc1nc(-c2ccc(NCc3ccc(N(C)C(=O)c4ccncc4)cc3)nc2)[nH]c(=O)c1C. The quantitative estimate of drug-likeness (QED) is 0.473. The van der Waals surface area contributed by atoms with Gasteiger partial charge in [0.2, 0.25) is 0 Å². The molecule has 1 amide bonds. The van der Waals surface area contributed by atoms with E-state index in [9.17, 15) is 9.59 Å². The van der Waals surface area contributed by atoms with Crippen LogP contribution in [0.5, 0.6) is 0 Å². The molecule has 4 aromatic rings. The fourth-order valence-electron chi connectivity index (χ4n) is 3.26. The lowest BCUT2D eigenvalue weighted by Gasteiger charge is -2.18. The summed E-state index contributed by atoms with van der Waals surface area (Å²) in [5, 5.41) is 3.28. The Morgan fingerprint density at radius 2 is 1.76 bits per heavy atom. The van der Waals surface area contributed by atoms with Crippen LogP contribution < -0.4 is 15.8 Å². The van der Waals surface area contributed by atoms with Gasteiger partial charge in [0.15, 0.2) is 0 Å². The molecule has 0 spiro atoms. The van der Waals surface area contributed by atoms with Gasteiger partial charge in [-0.3, -0.25) is 14.6 Å². The number of nitrogens with one attached hydrogen (secondary N) is 2. The van der Waals surface area contributed by atoms with Crippen LogP contribution >= 0.6 is 0 Å². The Morgan fingerprint density at radius 3 is 2.39 bits per heavy atom. The number of benzene rings is 1. The minimum absolute atomic E-state index is 0.0906. The first-order valence-corrected chi connectivity index (χ1v) is 10.5. The number of aromatic amines is 1. The molecule has 2 N–H and O–H groups in total. The third-order valence-electron chi connectivity index (χ3n) is 5.46. The molecule has 0 aliphatic carbocycles. The third kappa shape index (κ3) is 4.95. The number of carbonyl (C=O) groups excluding carboxylic acids is 1. The van der Waals surface area contributed by atoms with E-state index in [2.05, 4.69) is 25.3 Å². The minimum atomic E-state index is -0.142. The van der Waals surface area contributed by atoms with Crippen LogP contribution in [-0.2, 0) is 6.54 Å². The third-order valence-corrected chi connectivity index (χ3v) is 5.46. The Bertz CT molecular complexity index is 1320. The van der Waals surface area contributed by atoms with Gasteiger partial charge in [0, 0.05) is 60.3 Å². The Kier molecular flexibility index (Phi) is 6.26. The second-order valence-corrected chi connectivity index (χ2v) is 7.68. The summed E-state index contributed by atoms with van der Waals surface area (Å²) >= 11 is 0. The zero-order valence-corrected chi connectivity index (χ0v) is 18.7. The molecule has 0 aliphatic heterocycles. The van der Waals surface area contributed by atoms with Crippen LogP contribution in [0.25, 0.3) is 11.4 Å². The van der Waals surface area contributed by atoms with Crippen molar-refractivity contribution in [2.75, 3.05) is 17.3 Å². The van der Waals surface area contributed by atoms with E-state index in [-0.39, 0.29) is 11.5 Å². The van der Waals surface area contributed by atoms with Gasteiger partial charge in [-0.2, -0.15) is 0 Å². The summed E-state index contributed by atoms with van der Waals surface area (Å²) in [6.07, 6.45) is 4.89. The van der Waals surface area contributed by atoms with Gasteiger partial charge in [-0.05, 0) is 55.8 Å². The molecule has 0 aliphatic rings. The molecular weight excluding hydrogens is 416 g/mol. The van der Waals surface area contributed by atoms with Crippen molar-refractivity contribution in [1.29, 1.82) is 0 Å². The molecule has 8 nitrogen and oxygen atoms in total. The van der Waals surface area contributed by atoms with Crippen LogP contribution in [0.3, 0.4) is 0 Å². The number of hydrogen-bond donors (Lipinski definition) is 2. The molecule has 0 radical (unpaired) electrons. The molecule has 0 saturated carbocycles. The topological polar surface area (TPSA) is 104 Å². The summed E-state index contributed by atoms with van der Waals surface area (Å²) in [5.41, 5.74) is 4.36. The summed E-state index contributed by atoms with van der Waals surface area (Å²) in [5.74, 6) is 1.12. The van der Waals surface area contributed by atoms with Crippen molar-refractivity contribution >= 4 is 17.4 Å². The molecule has 0 bridgehead atoms. The lowest BCUT2D eigenvalue weighted by Crippen LogP contribution is -2.26. The Labute approximate surface area is 191 Å². The average Bonchev–Trinajstić information content (AvgIpc) is 2.86. The molecule has 1 aromatic carbocycles. The highest BCUT2D eigenvalue weighted by Crippen LogP contribution is 2.18. The van der Waals surface area contributed by atoms with E-state index in [1.807, 2.05) is 43.3 Å². The number of carbonyl (C=O) groups is 1. The fourth-order valence-corrected chi connectivity index (χ4v) is 3.26. The number of H-pyrrole nitrogens is 1. The maximum atomic E-state index is 12.6. The zero-order chi connectivity index (χ0) is 23.4. The van der Waals surface area contributed by atoms with Crippen molar-refractivity contribution in [2.24, 2.45) is 0 Å². The zero-order valence-electron chi connectivity index (χ0n) is 18.7. The first kappa shape index (κ1) is 21.9. The van der Waals surface area contributed by atoms with Crippen LogP contribution in [-0.4, -0.2) is 32.9 Å². The van der Waals surface area contributed by atoms with Crippen molar-refractivity contribution in [3.63, 3.8) is 0 Å². The number of pyridine rings is 2. The van der Waals surface area contributed by atoms with Crippen LogP contribution in [0.4, 0.5) is 11.5 Å². The van der Waals surface area contributed by atoms with E-state index in [1.165, 1.54) is 0 Å². The molecular formula is C25H24N6O2. The smallest absolute Gasteiger partial charge is 0.258 e. The highest BCUT2D eigenvalue weighted by molar-refractivity contribution is 6.05. The molecule has 0 atom stereocenters. The van der Waals surface area contributed by atoms with Crippen LogP contribution in [0, 0.1) is 13.8 Å². The van der Waals surface area contributed by atoms with Crippen LogP contribution in [0.1, 0.15) is 27.2 Å². The number of rotatable bonds is 6. The highest BCUT2D eigenvalue weighted by atomic mass is 16.2. The maximum Gasteiger partial charge on any atom is 0.258 e. The van der Waals surface area contributed by atoms with Crippen LogP contribution in [0.15, 0.2) is 71.9 Å². The normalized spacial score (nSPS) is 10.6. The van der Waals surface area contributed by atoms with Crippen molar-refractivity contribution in [1.82, 2.24) is 19.9 Å². The Morgan fingerprint density at radius 1 is 1.03 bits per heavy atom. The molecule has 3 aromatic heterocycles. The van der Waals surface area contributed by atoms with E-state index in [0.29, 0.717) is 35.0 Å². The van der Waals surface area contributed by atoms with Crippen molar-refractivity contribution < 1.29 is 4.79 Å². The fraction of sp³-hybridized carbons (Fsp3) is 0.160. The lowest BCUT2D eigenvalue weighted by atomic mass is 10.1. The molecule has 0 fully saturated rings. The summed E-state index contributed by atoms with van der Waals surface area (Å²) in [7, 11) is 1.75. The van der Waals surface area contributed by atoms with E-state index in [1.54, 1.807) is 49.6 Å². The molecule has 4 rings (SSSR count). The highest BCUT2D eigenvalue weighted by Gasteiger charge is 2.13. The first-order chi connectivity index (χ1) is 15.9. The number of amides is 1. The van der Waals surface area contributed by atoms with Gasteiger partial charge in [-0.15, -0.1) is 0 Å². The largest absolute Gasteiger partial charge is 0.366 e. The van der Waals surface area contributed by atoms with E-state index in [4.69, 9.17) is 0 Å². The summed E-state index contributed by atoms with van der Waals surface area (Å²) in [6, 6.07) is 14.9. The summed E-state index contributed by atoms with van der Waals surface area (Å²) in [4.78, 5) is 41.8. The van der Waals surface area contributed by atoms with Gasteiger partial charge in [0.05, 0.1) is 0 Å². The van der Waals surface area contributed by atoms with Gasteiger partial charge in [0.1, 0.15) is 11.6 Å². The number of aromatic nitrogens is 4. The first-order valence-electron chi connectivity index (χ1n) is 10.5.